The summed E-state index contributed by atoms with van der Waals surface area (Å²) in [5.74, 6) is -2.65. The molecule has 0 atom stereocenters. The van der Waals surface area contributed by atoms with E-state index < -0.39 is 22.8 Å². The van der Waals surface area contributed by atoms with Crippen molar-refractivity contribution in [1.82, 2.24) is 0 Å². The molecule has 1 heterocycles. The van der Waals surface area contributed by atoms with Crippen molar-refractivity contribution in [3.05, 3.63) is 47.0 Å². The minimum absolute atomic E-state index is 0.0710. The molecule has 96 valence electrons. The maximum atomic E-state index is 13.8. The number of nitrogens with one attached hydrogen (secondary N) is 2. The Kier molecular flexibility index (Phi) is 2.52. The molecule has 1 aliphatic rings. The van der Waals surface area contributed by atoms with Gasteiger partial charge in [-0.05, 0) is 12.1 Å². The van der Waals surface area contributed by atoms with Gasteiger partial charge in [-0.2, -0.15) is 10.5 Å². The fourth-order valence-electron chi connectivity index (χ4n) is 2.12. The SMILES string of the molecule is N#Cc1c(F)c(F)c(C#N)c2c1Nc1ccccc1N2. The topological polar surface area (TPSA) is 71.6 Å². The maximum Gasteiger partial charge on any atom is 0.180 e. The van der Waals surface area contributed by atoms with Crippen LogP contribution < -0.4 is 10.6 Å². The summed E-state index contributed by atoms with van der Waals surface area (Å²) in [7, 11) is 0. The zero-order valence-electron chi connectivity index (χ0n) is 9.96. The molecule has 0 spiro atoms. The number of halogens is 2. The normalized spacial score (nSPS) is 11.2. The van der Waals surface area contributed by atoms with E-state index in [4.69, 9.17) is 10.5 Å². The first kappa shape index (κ1) is 11.9. The Morgan fingerprint density at radius 3 is 1.55 bits per heavy atom. The molecule has 2 N–H and O–H groups in total. The first-order chi connectivity index (χ1) is 9.67. The highest BCUT2D eigenvalue weighted by Crippen LogP contribution is 2.43. The van der Waals surface area contributed by atoms with E-state index in [0.717, 1.165) is 0 Å². The van der Waals surface area contributed by atoms with E-state index in [1.807, 2.05) is 0 Å². The van der Waals surface area contributed by atoms with Crippen LogP contribution in [0.5, 0.6) is 0 Å². The lowest BCUT2D eigenvalue weighted by molar-refractivity contribution is 0.505. The summed E-state index contributed by atoms with van der Waals surface area (Å²) in [4.78, 5) is 0. The summed E-state index contributed by atoms with van der Waals surface area (Å²) in [6.07, 6.45) is 0. The van der Waals surface area contributed by atoms with E-state index in [2.05, 4.69) is 10.6 Å². The summed E-state index contributed by atoms with van der Waals surface area (Å²) >= 11 is 0. The molecule has 0 saturated heterocycles. The van der Waals surface area contributed by atoms with Crippen LogP contribution >= 0.6 is 0 Å². The van der Waals surface area contributed by atoms with Gasteiger partial charge in [0.2, 0.25) is 0 Å². The van der Waals surface area contributed by atoms with Crippen LogP contribution in [0, 0.1) is 34.3 Å². The highest BCUT2D eigenvalue weighted by molar-refractivity contribution is 5.95. The number of anilines is 4. The Morgan fingerprint density at radius 2 is 1.20 bits per heavy atom. The van der Waals surface area contributed by atoms with Crippen molar-refractivity contribution in [2.24, 2.45) is 0 Å². The van der Waals surface area contributed by atoms with Gasteiger partial charge in [0.1, 0.15) is 23.3 Å². The quantitative estimate of drug-likeness (QED) is 0.654. The zero-order chi connectivity index (χ0) is 14.3. The highest BCUT2D eigenvalue weighted by atomic mass is 19.2. The van der Waals surface area contributed by atoms with Gasteiger partial charge in [-0.15, -0.1) is 0 Å². The van der Waals surface area contributed by atoms with Crippen molar-refractivity contribution < 1.29 is 8.78 Å². The maximum absolute atomic E-state index is 13.8. The van der Waals surface area contributed by atoms with E-state index in [0.29, 0.717) is 11.4 Å². The minimum Gasteiger partial charge on any atom is -0.351 e. The van der Waals surface area contributed by atoms with Gasteiger partial charge in [-0.3, -0.25) is 0 Å². The Balaban J connectivity index is 2.33. The number of para-hydroxylation sites is 2. The van der Waals surface area contributed by atoms with Gasteiger partial charge in [-0.1, -0.05) is 12.1 Å². The van der Waals surface area contributed by atoms with Crippen LogP contribution in [-0.2, 0) is 0 Å². The van der Waals surface area contributed by atoms with Crippen molar-refractivity contribution in [1.29, 1.82) is 10.5 Å². The molecule has 0 radical (unpaired) electrons. The number of nitriles is 2. The molecule has 0 aliphatic carbocycles. The second-order valence-electron chi connectivity index (χ2n) is 4.15. The molecule has 0 bridgehead atoms. The third-order valence-electron chi connectivity index (χ3n) is 3.05. The Bertz CT molecular complexity index is 747. The first-order valence-electron chi connectivity index (χ1n) is 5.65. The predicted molar refractivity (Wildman–Crippen MR) is 68.8 cm³/mol. The number of hydrogen-bond acceptors (Lipinski definition) is 4. The Hall–Kier alpha value is -3.12. The molecule has 2 aromatic carbocycles. The van der Waals surface area contributed by atoms with Gasteiger partial charge >= 0.3 is 0 Å². The minimum atomic E-state index is -1.32. The van der Waals surface area contributed by atoms with E-state index in [9.17, 15) is 8.78 Å². The van der Waals surface area contributed by atoms with Gasteiger partial charge in [0.05, 0.1) is 22.7 Å². The largest absolute Gasteiger partial charge is 0.351 e. The van der Waals surface area contributed by atoms with Crippen LogP contribution in [0.4, 0.5) is 31.5 Å². The molecule has 0 unspecified atom stereocenters. The second kappa shape index (κ2) is 4.22. The average Bonchev–Trinajstić information content (AvgIpc) is 2.47. The van der Waals surface area contributed by atoms with Crippen LogP contribution in [0.1, 0.15) is 11.1 Å². The van der Waals surface area contributed by atoms with Gasteiger partial charge in [-0.25, -0.2) is 8.78 Å². The van der Waals surface area contributed by atoms with Crippen molar-refractivity contribution in [2.45, 2.75) is 0 Å². The molecule has 6 heteroatoms. The van der Waals surface area contributed by atoms with Crippen molar-refractivity contribution in [3.63, 3.8) is 0 Å². The van der Waals surface area contributed by atoms with E-state index >= 15 is 0 Å². The van der Waals surface area contributed by atoms with Gasteiger partial charge in [0.25, 0.3) is 0 Å². The standard InChI is InChI=1S/C14H6F2N4/c15-11-7(5-17)13-14(8(6-18)12(11)16)20-10-4-2-1-3-9(10)19-13/h1-4,19-20H. The molecule has 4 nitrogen and oxygen atoms in total. The van der Waals surface area contributed by atoms with E-state index in [1.165, 1.54) is 0 Å². The predicted octanol–water partition coefficient (Wildman–Crippen LogP) is 3.51. The van der Waals surface area contributed by atoms with Crippen LogP contribution in [0.25, 0.3) is 0 Å². The number of benzene rings is 2. The molecular formula is C14H6F2N4. The molecule has 0 saturated carbocycles. The third-order valence-corrected chi connectivity index (χ3v) is 3.05. The lowest BCUT2D eigenvalue weighted by Crippen LogP contribution is -2.12. The number of hydrogen-bond donors (Lipinski definition) is 2. The smallest absolute Gasteiger partial charge is 0.180 e. The molecule has 20 heavy (non-hydrogen) atoms. The zero-order valence-corrected chi connectivity index (χ0v) is 9.96. The summed E-state index contributed by atoms with van der Waals surface area (Å²) in [5, 5.41) is 23.7. The fourth-order valence-corrected chi connectivity index (χ4v) is 2.12. The number of rotatable bonds is 0. The number of nitrogens with zero attached hydrogens (tertiary/aromatic N) is 2. The van der Waals surface area contributed by atoms with E-state index in [1.54, 1.807) is 36.4 Å². The van der Waals surface area contributed by atoms with Crippen molar-refractivity contribution in [3.8, 4) is 12.1 Å². The average molecular weight is 268 g/mol. The molecule has 3 rings (SSSR count). The second-order valence-corrected chi connectivity index (χ2v) is 4.15. The molecule has 2 aromatic rings. The fraction of sp³-hybridized carbons (Fsp3) is 0. The van der Waals surface area contributed by atoms with Crippen LogP contribution in [0.3, 0.4) is 0 Å². The van der Waals surface area contributed by atoms with Crippen LogP contribution in [0.15, 0.2) is 24.3 Å². The lowest BCUT2D eigenvalue weighted by atomic mass is 10.0. The molecule has 0 amide bonds. The monoisotopic (exact) mass is 268 g/mol. The lowest BCUT2D eigenvalue weighted by Gasteiger charge is -2.25. The highest BCUT2D eigenvalue weighted by Gasteiger charge is 2.28. The molecule has 1 aliphatic heterocycles. The van der Waals surface area contributed by atoms with Crippen LogP contribution in [0.2, 0.25) is 0 Å². The Labute approximate surface area is 112 Å². The Morgan fingerprint density at radius 1 is 0.800 bits per heavy atom. The van der Waals surface area contributed by atoms with Crippen molar-refractivity contribution in [2.75, 3.05) is 10.6 Å². The molecule has 0 aromatic heterocycles. The third kappa shape index (κ3) is 1.49. The molecular weight excluding hydrogens is 262 g/mol. The van der Waals surface area contributed by atoms with Gasteiger partial charge in [0.15, 0.2) is 11.6 Å². The summed E-state index contributed by atoms with van der Waals surface area (Å²) in [5.41, 5.74) is 0.457. The summed E-state index contributed by atoms with van der Waals surface area (Å²) < 4.78 is 27.6. The number of fused-ring (bicyclic) bond motifs is 2. The summed E-state index contributed by atoms with van der Waals surface area (Å²) in [6, 6.07) is 10.2. The van der Waals surface area contributed by atoms with Crippen LogP contribution in [-0.4, -0.2) is 0 Å². The first-order valence-corrected chi connectivity index (χ1v) is 5.65. The summed E-state index contributed by atoms with van der Waals surface area (Å²) in [6.45, 7) is 0. The van der Waals surface area contributed by atoms with E-state index in [-0.39, 0.29) is 11.4 Å². The van der Waals surface area contributed by atoms with Gasteiger partial charge < -0.3 is 10.6 Å². The molecule has 0 fully saturated rings. The van der Waals surface area contributed by atoms with Crippen molar-refractivity contribution >= 4 is 22.7 Å². The van der Waals surface area contributed by atoms with Gasteiger partial charge in [0, 0.05) is 0 Å².